The molecule has 0 saturated carbocycles. The van der Waals surface area contributed by atoms with Crippen molar-refractivity contribution in [3.8, 4) is 0 Å². The van der Waals surface area contributed by atoms with Gasteiger partial charge in [0.2, 0.25) is 5.91 Å². The highest BCUT2D eigenvalue weighted by Gasteiger charge is 2.30. The summed E-state index contributed by atoms with van der Waals surface area (Å²) in [4.78, 5) is 29.0. The molecule has 1 atom stereocenters. The van der Waals surface area contributed by atoms with Gasteiger partial charge in [0.25, 0.3) is 0 Å². The molecule has 3 amide bonds. The van der Waals surface area contributed by atoms with Crippen molar-refractivity contribution in [2.24, 2.45) is 0 Å². The molecule has 0 aromatic heterocycles. The lowest BCUT2D eigenvalue weighted by Gasteiger charge is -2.40. The highest BCUT2D eigenvalue weighted by molar-refractivity contribution is 5.92. The van der Waals surface area contributed by atoms with E-state index in [1.165, 1.54) is 0 Å². The fraction of sp³-hybridized carbons (Fsp3) is 0.333. The van der Waals surface area contributed by atoms with E-state index in [1.54, 1.807) is 0 Å². The van der Waals surface area contributed by atoms with Gasteiger partial charge in [-0.15, -0.1) is 0 Å². The average Bonchev–Trinajstić information content (AvgIpc) is 2.67. The van der Waals surface area contributed by atoms with Crippen LogP contribution in [-0.4, -0.2) is 55.0 Å². The lowest BCUT2D eigenvalue weighted by Crippen LogP contribution is -2.52. The van der Waals surface area contributed by atoms with Gasteiger partial charge in [0.1, 0.15) is 0 Å². The number of hydrogen-bond donors (Lipinski definition) is 2. The highest BCUT2D eigenvalue weighted by Crippen LogP contribution is 2.24. The number of aryl methyl sites for hydroxylation is 1. The van der Waals surface area contributed by atoms with E-state index >= 15 is 0 Å². The van der Waals surface area contributed by atoms with Crippen molar-refractivity contribution in [3.63, 3.8) is 0 Å². The summed E-state index contributed by atoms with van der Waals surface area (Å²) >= 11 is 0. The Labute approximate surface area is 160 Å². The molecule has 0 bridgehead atoms. The summed E-state index contributed by atoms with van der Waals surface area (Å²) in [7, 11) is 2.06. The van der Waals surface area contributed by atoms with E-state index < -0.39 is 0 Å². The molecule has 0 radical (unpaired) electrons. The van der Waals surface area contributed by atoms with Crippen LogP contribution < -0.4 is 10.6 Å². The molecular formula is C21H26N4O2. The van der Waals surface area contributed by atoms with Gasteiger partial charge >= 0.3 is 6.03 Å². The van der Waals surface area contributed by atoms with Gasteiger partial charge in [0.15, 0.2) is 0 Å². The molecule has 0 spiro atoms. The molecule has 1 unspecified atom stereocenters. The van der Waals surface area contributed by atoms with E-state index in [2.05, 4.69) is 22.6 Å². The third-order valence-electron chi connectivity index (χ3n) is 4.76. The first-order chi connectivity index (χ1) is 13.0. The van der Waals surface area contributed by atoms with Crippen LogP contribution in [0.1, 0.15) is 17.2 Å². The van der Waals surface area contributed by atoms with Crippen molar-refractivity contribution in [2.45, 2.75) is 13.0 Å². The van der Waals surface area contributed by atoms with E-state index in [9.17, 15) is 9.59 Å². The van der Waals surface area contributed by atoms with Gasteiger partial charge < -0.3 is 20.4 Å². The van der Waals surface area contributed by atoms with Crippen molar-refractivity contribution in [1.29, 1.82) is 0 Å². The van der Waals surface area contributed by atoms with Crippen LogP contribution in [0.25, 0.3) is 0 Å². The molecular weight excluding hydrogens is 340 g/mol. The normalized spacial score (nSPS) is 17.4. The van der Waals surface area contributed by atoms with Crippen LogP contribution in [0, 0.1) is 6.92 Å². The minimum atomic E-state index is -0.376. The van der Waals surface area contributed by atoms with Crippen LogP contribution in [0.5, 0.6) is 0 Å². The molecule has 142 valence electrons. The minimum Gasteiger partial charge on any atom is -0.332 e. The first-order valence-electron chi connectivity index (χ1n) is 9.17. The van der Waals surface area contributed by atoms with E-state index in [0.29, 0.717) is 12.2 Å². The summed E-state index contributed by atoms with van der Waals surface area (Å²) in [6, 6.07) is 17.2. The maximum atomic E-state index is 12.8. The average molecular weight is 366 g/mol. The molecule has 2 N–H and O–H groups in total. The number of anilines is 1. The summed E-state index contributed by atoms with van der Waals surface area (Å²) < 4.78 is 0. The molecule has 3 rings (SSSR count). The number of likely N-dealkylation sites (N-methyl/N-ethyl adjacent to an activating group) is 1. The smallest absolute Gasteiger partial charge is 0.319 e. The number of rotatable bonds is 4. The Hall–Kier alpha value is -2.86. The topological polar surface area (TPSA) is 64.7 Å². The number of amides is 3. The molecule has 1 saturated heterocycles. The highest BCUT2D eigenvalue weighted by atomic mass is 16.2. The Morgan fingerprint density at radius 3 is 2.59 bits per heavy atom. The predicted molar refractivity (Wildman–Crippen MR) is 107 cm³/mol. The van der Waals surface area contributed by atoms with Crippen LogP contribution in [0.2, 0.25) is 0 Å². The van der Waals surface area contributed by atoms with Crippen LogP contribution in [0.4, 0.5) is 10.5 Å². The summed E-state index contributed by atoms with van der Waals surface area (Å²) in [6.45, 7) is 4.19. The molecule has 1 fully saturated rings. The van der Waals surface area contributed by atoms with Crippen molar-refractivity contribution in [3.05, 3.63) is 65.7 Å². The fourth-order valence-electron chi connectivity index (χ4n) is 3.33. The first kappa shape index (κ1) is 18.9. The SMILES string of the molecule is Cc1cccc(NC(=O)NCC(=O)N2CCN(C)CC2c2ccccc2)c1. The van der Waals surface area contributed by atoms with Crippen LogP contribution in [0.15, 0.2) is 54.6 Å². The number of hydrogen-bond acceptors (Lipinski definition) is 3. The van der Waals surface area contributed by atoms with Gasteiger partial charge in [-0.25, -0.2) is 4.79 Å². The zero-order valence-corrected chi connectivity index (χ0v) is 15.8. The number of urea groups is 1. The summed E-state index contributed by atoms with van der Waals surface area (Å²) in [5.74, 6) is -0.0728. The number of nitrogens with zero attached hydrogens (tertiary/aromatic N) is 2. The predicted octanol–water partition coefficient (Wildman–Crippen LogP) is 2.63. The Kier molecular flexibility index (Phi) is 6.08. The van der Waals surface area contributed by atoms with Gasteiger partial charge in [-0.05, 0) is 37.2 Å². The van der Waals surface area contributed by atoms with E-state index in [1.807, 2.05) is 66.4 Å². The number of piperazine rings is 1. The molecule has 1 heterocycles. The van der Waals surface area contributed by atoms with Crippen LogP contribution in [0.3, 0.4) is 0 Å². The standard InChI is InChI=1S/C21H26N4O2/c1-16-7-6-10-18(13-16)23-21(27)22-14-20(26)25-12-11-24(2)15-19(25)17-8-4-3-5-9-17/h3-10,13,19H,11-12,14-15H2,1-2H3,(H2,22,23,27). The molecule has 1 aliphatic heterocycles. The second-order valence-electron chi connectivity index (χ2n) is 6.95. The molecule has 6 heteroatoms. The second-order valence-corrected chi connectivity index (χ2v) is 6.95. The van der Waals surface area contributed by atoms with E-state index in [-0.39, 0.29) is 24.5 Å². The lowest BCUT2D eigenvalue weighted by molar-refractivity contribution is -0.134. The molecule has 1 aliphatic rings. The summed E-state index contributed by atoms with van der Waals surface area (Å²) in [5.41, 5.74) is 2.88. The fourth-order valence-corrected chi connectivity index (χ4v) is 3.33. The third kappa shape index (κ3) is 5.08. The number of nitrogens with one attached hydrogen (secondary N) is 2. The second kappa shape index (κ2) is 8.68. The summed E-state index contributed by atoms with van der Waals surface area (Å²) in [6.07, 6.45) is 0. The maximum Gasteiger partial charge on any atom is 0.319 e. The van der Waals surface area contributed by atoms with Crippen molar-refractivity contribution < 1.29 is 9.59 Å². The van der Waals surface area contributed by atoms with Crippen LogP contribution in [-0.2, 0) is 4.79 Å². The molecule has 2 aromatic carbocycles. The molecule has 6 nitrogen and oxygen atoms in total. The lowest BCUT2D eigenvalue weighted by atomic mass is 10.0. The Bertz CT molecular complexity index is 794. The Balaban J connectivity index is 1.59. The van der Waals surface area contributed by atoms with Gasteiger partial charge in [-0.3, -0.25) is 4.79 Å². The van der Waals surface area contributed by atoms with Gasteiger partial charge in [-0.2, -0.15) is 0 Å². The van der Waals surface area contributed by atoms with Gasteiger partial charge in [0, 0.05) is 25.3 Å². The third-order valence-corrected chi connectivity index (χ3v) is 4.76. The zero-order chi connectivity index (χ0) is 19.2. The van der Waals surface area contributed by atoms with Crippen molar-refractivity contribution in [2.75, 3.05) is 38.5 Å². The first-order valence-corrected chi connectivity index (χ1v) is 9.17. The van der Waals surface area contributed by atoms with Crippen molar-refractivity contribution in [1.82, 2.24) is 15.1 Å². The summed E-state index contributed by atoms with van der Waals surface area (Å²) in [5, 5.41) is 5.44. The number of carbonyl (C=O) groups is 2. The largest absolute Gasteiger partial charge is 0.332 e. The van der Waals surface area contributed by atoms with Gasteiger partial charge in [-0.1, -0.05) is 42.5 Å². The van der Waals surface area contributed by atoms with E-state index in [4.69, 9.17) is 0 Å². The van der Waals surface area contributed by atoms with E-state index in [0.717, 1.165) is 24.2 Å². The Morgan fingerprint density at radius 1 is 1.07 bits per heavy atom. The maximum absolute atomic E-state index is 12.8. The van der Waals surface area contributed by atoms with Crippen molar-refractivity contribution >= 4 is 17.6 Å². The Morgan fingerprint density at radius 2 is 1.85 bits per heavy atom. The zero-order valence-electron chi connectivity index (χ0n) is 15.8. The monoisotopic (exact) mass is 366 g/mol. The number of carbonyl (C=O) groups excluding carboxylic acids is 2. The minimum absolute atomic E-state index is 0.000848. The van der Waals surface area contributed by atoms with Gasteiger partial charge in [0.05, 0.1) is 12.6 Å². The molecule has 0 aliphatic carbocycles. The molecule has 27 heavy (non-hydrogen) atoms. The van der Waals surface area contributed by atoms with Crippen LogP contribution >= 0.6 is 0 Å². The molecule has 2 aromatic rings. The quantitative estimate of drug-likeness (QED) is 0.874. The number of benzene rings is 2.